The lowest BCUT2D eigenvalue weighted by atomic mass is 10.1. The third-order valence-corrected chi connectivity index (χ3v) is 3.76. The molecule has 1 heterocycles. The molecule has 0 saturated heterocycles. The summed E-state index contributed by atoms with van der Waals surface area (Å²) in [6, 6.07) is 10.8. The van der Waals surface area contributed by atoms with Crippen molar-refractivity contribution in [1.29, 1.82) is 0 Å². The Hall–Kier alpha value is -2.53. The van der Waals surface area contributed by atoms with Crippen LogP contribution in [-0.4, -0.2) is 22.2 Å². The molecule has 1 amide bonds. The van der Waals surface area contributed by atoms with Crippen molar-refractivity contribution in [1.82, 2.24) is 10.2 Å². The molecule has 1 aromatic heterocycles. The summed E-state index contributed by atoms with van der Waals surface area (Å²) in [5.41, 5.74) is 2.56. The molecule has 5 nitrogen and oxygen atoms in total. The molecule has 0 radical (unpaired) electrons. The van der Waals surface area contributed by atoms with Gasteiger partial charge in [-0.2, -0.15) is 5.10 Å². The summed E-state index contributed by atoms with van der Waals surface area (Å²) >= 11 is 5.91. The van der Waals surface area contributed by atoms with E-state index in [0.717, 1.165) is 22.2 Å². The minimum atomic E-state index is -0.648. The summed E-state index contributed by atoms with van der Waals surface area (Å²) in [5, 5.41) is 11.3. The number of aromatic amines is 1. The van der Waals surface area contributed by atoms with Crippen molar-refractivity contribution in [3.05, 3.63) is 53.2 Å². The number of benzene rings is 2. The van der Waals surface area contributed by atoms with E-state index in [1.54, 1.807) is 37.4 Å². The number of hydrogen-bond acceptors (Lipinski definition) is 3. The number of aryl methyl sites for hydroxylation is 1. The van der Waals surface area contributed by atoms with Gasteiger partial charge in [-0.25, -0.2) is 0 Å². The standard InChI is InChI=1S/C17H16ClN3O2/c1-10-6-12-9-19-21-16(12)8-15(10)20-17(22)11(2)23-14-5-3-4-13(18)7-14/h3-9,11H,1-2H3,(H,19,21)(H,20,22). The molecular weight excluding hydrogens is 314 g/mol. The number of nitrogens with zero attached hydrogens (tertiary/aromatic N) is 1. The zero-order chi connectivity index (χ0) is 16.4. The Morgan fingerprint density at radius 3 is 2.96 bits per heavy atom. The first-order valence-corrected chi connectivity index (χ1v) is 7.57. The molecule has 2 N–H and O–H groups in total. The van der Waals surface area contributed by atoms with Crippen molar-refractivity contribution >= 4 is 34.1 Å². The Balaban J connectivity index is 1.73. The van der Waals surface area contributed by atoms with Crippen LogP contribution in [0.25, 0.3) is 10.9 Å². The number of ether oxygens (including phenoxy) is 1. The molecule has 6 heteroatoms. The lowest BCUT2D eigenvalue weighted by Crippen LogP contribution is -2.30. The number of carbonyl (C=O) groups is 1. The number of carbonyl (C=O) groups excluding carboxylic acids is 1. The quantitative estimate of drug-likeness (QED) is 0.762. The lowest BCUT2D eigenvalue weighted by Gasteiger charge is -2.16. The highest BCUT2D eigenvalue weighted by Crippen LogP contribution is 2.23. The van der Waals surface area contributed by atoms with Gasteiger partial charge in [0.2, 0.25) is 0 Å². The second-order valence-corrected chi connectivity index (χ2v) is 5.77. The van der Waals surface area contributed by atoms with E-state index < -0.39 is 6.10 Å². The first-order valence-electron chi connectivity index (χ1n) is 7.20. The van der Waals surface area contributed by atoms with Gasteiger partial charge in [0.05, 0.1) is 11.7 Å². The van der Waals surface area contributed by atoms with Gasteiger partial charge in [-0.05, 0) is 49.7 Å². The number of fused-ring (bicyclic) bond motifs is 1. The zero-order valence-electron chi connectivity index (χ0n) is 12.8. The summed E-state index contributed by atoms with van der Waals surface area (Å²) in [6.07, 6.45) is 1.10. The van der Waals surface area contributed by atoms with Crippen LogP contribution in [0.4, 0.5) is 5.69 Å². The first kappa shape index (κ1) is 15.4. The van der Waals surface area contributed by atoms with Gasteiger partial charge in [0.15, 0.2) is 6.10 Å². The predicted octanol–water partition coefficient (Wildman–Crippen LogP) is 3.93. The number of nitrogens with one attached hydrogen (secondary N) is 2. The highest BCUT2D eigenvalue weighted by molar-refractivity contribution is 6.30. The first-order chi connectivity index (χ1) is 11.0. The number of amides is 1. The maximum atomic E-state index is 12.3. The molecule has 3 aromatic rings. The molecule has 3 rings (SSSR count). The molecule has 1 atom stereocenters. The third-order valence-electron chi connectivity index (χ3n) is 3.52. The average molecular weight is 330 g/mol. The maximum Gasteiger partial charge on any atom is 0.265 e. The van der Waals surface area contributed by atoms with Gasteiger partial charge >= 0.3 is 0 Å². The van der Waals surface area contributed by atoms with Gasteiger partial charge in [0, 0.05) is 16.1 Å². The van der Waals surface area contributed by atoms with Gasteiger partial charge in [-0.15, -0.1) is 0 Å². The fraction of sp³-hybridized carbons (Fsp3) is 0.176. The van der Waals surface area contributed by atoms with Gasteiger partial charge in [0.1, 0.15) is 5.75 Å². The van der Waals surface area contributed by atoms with Crippen LogP contribution < -0.4 is 10.1 Å². The monoisotopic (exact) mass is 329 g/mol. The largest absolute Gasteiger partial charge is 0.481 e. The van der Waals surface area contributed by atoms with E-state index >= 15 is 0 Å². The second-order valence-electron chi connectivity index (χ2n) is 5.33. The van der Waals surface area contributed by atoms with Gasteiger partial charge in [0.25, 0.3) is 5.91 Å². The molecule has 23 heavy (non-hydrogen) atoms. The van der Waals surface area contributed by atoms with Crippen molar-refractivity contribution < 1.29 is 9.53 Å². The minimum absolute atomic E-state index is 0.230. The maximum absolute atomic E-state index is 12.3. The van der Waals surface area contributed by atoms with Crippen molar-refractivity contribution in [2.75, 3.05) is 5.32 Å². The van der Waals surface area contributed by atoms with E-state index in [2.05, 4.69) is 15.5 Å². The molecular formula is C17H16ClN3O2. The zero-order valence-corrected chi connectivity index (χ0v) is 13.5. The molecule has 0 fully saturated rings. The van der Waals surface area contributed by atoms with E-state index in [1.807, 2.05) is 19.1 Å². The van der Waals surface area contributed by atoms with Crippen molar-refractivity contribution in [2.45, 2.75) is 20.0 Å². The van der Waals surface area contributed by atoms with Crippen LogP contribution in [0.5, 0.6) is 5.75 Å². The van der Waals surface area contributed by atoms with Crippen LogP contribution in [0.2, 0.25) is 5.02 Å². The van der Waals surface area contributed by atoms with E-state index in [0.29, 0.717) is 10.8 Å². The summed E-state index contributed by atoms with van der Waals surface area (Å²) < 4.78 is 5.62. The second kappa shape index (κ2) is 6.30. The van der Waals surface area contributed by atoms with Gasteiger partial charge in [-0.1, -0.05) is 17.7 Å². The van der Waals surface area contributed by atoms with Crippen molar-refractivity contribution in [3.63, 3.8) is 0 Å². The Bertz CT molecular complexity index is 860. The molecule has 0 aliphatic heterocycles. The van der Waals surface area contributed by atoms with Crippen molar-refractivity contribution in [2.24, 2.45) is 0 Å². The smallest absolute Gasteiger partial charge is 0.265 e. The lowest BCUT2D eigenvalue weighted by molar-refractivity contribution is -0.122. The third kappa shape index (κ3) is 3.46. The number of rotatable bonds is 4. The number of aromatic nitrogens is 2. The summed E-state index contributed by atoms with van der Waals surface area (Å²) in [4.78, 5) is 12.3. The Morgan fingerprint density at radius 2 is 2.17 bits per heavy atom. The molecule has 0 saturated carbocycles. The SMILES string of the molecule is Cc1cc2cn[nH]c2cc1NC(=O)C(C)Oc1cccc(Cl)c1. The van der Waals surface area contributed by atoms with Gasteiger partial charge in [-0.3, -0.25) is 9.89 Å². The van der Waals surface area contributed by atoms with E-state index in [9.17, 15) is 4.79 Å². The Labute approximate surface area is 138 Å². The highest BCUT2D eigenvalue weighted by Gasteiger charge is 2.16. The molecule has 0 aliphatic rings. The van der Waals surface area contributed by atoms with Gasteiger partial charge < -0.3 is 10.1 Å². The molecule has 0 bridgehead atoms. The Kier molecular flexibility index (Phi) is 4.21. The van der Waals surface area contributed by atoms with Crippen LogP contribution in [0.1, 0.15) is 12.5 Å². The van der Waals surface area contributed by atoms with E-state index in [-0.39, 0.29) is 5.91 Å². The number of H-pyrrole nitrogens is 1. The van der Waals surface area contributed by atoms with Crippen LogP contribution in [0.3, 0.4) is 0 Å². The molecule has 0 spiro atoms. The van der Waals surface area contributed by atoms with Crippen LogP contribution >= 0.6 is 11.6 Å². The Morgan fingerprint density at radius 1 is 1.35 bits per heavy atom. The molecule has 118 valence electrons. The van der Waals surface area contributed by atoms with E-state index in [4.69, 9.17) is 16.3 Å². The topological polar surface area (TPSA) is 67.0 Å². The van der Waals surface area contributed by atoms with Crippen LogP contribution in [-0.2, 0) is 4.79 Å². The summed E-state index contributed by atoms with van der Waals surface area (Å²) in [7, 11) is 0. The van der Waals surface area contributed by atoms with E-state index in [1.165, 1.54) is 0 Å². The summed E-state index contributed by atoms with van der Waals surface area (Å²) in [6.45, 7) is 3.63. The molecule has 1 unspecified atom stereocenters. The minimum Gasteiger partial charge on any atom is -0.481 e. The number of halogens is 1. The molecule has 0 aliphatic carbocycles. The van der Waals surface area contributed by atoms with Crippen LogP contribution in [0, 0.1) is 6.92 Å². The normalized spacial score (nSPS) is 12.1. The highest BCUT2D eigenvalue weighted by atomic mass is 35.5. The predicted molar refractivity (Wildman–Crippen MR) is 91.0 cm³/mol. The van der Waals surface area contributed by atoms with Crippen LogP contribution in [0.15, 0.2) is 42.6 Å². The average Bonchev–Trinajstić information content (AvgIpc) is 2.94. The summed E-state index contributed by atoms with van der Waals surface area (Å²) in [5.74, 6) is 0.327. The number of anilines is 1. The fourth-order valence-electron chi connectivity index (χ4n) is 2.27. The van der Waals surface area contributed by atoms with Crippen molar-refractivity contribution in [3.8, 4) is 5.75 Å². The number of hydrogen-bond donors (Lipinski definition) is 2. The molecule has 2 aromatic carbocycles. The fourth-order valence-corrected chi connectivity index (χ4v) is 2.45.